The average molecular weight is 243 g/mol. The molecule has 1 unspecified atom stereocenters. The zero-order chi connectivity index (χ0) is 12.4. The molecule has 1 saturated heterocycles. The smallest absolute Gasteiger partial charge is 0.0463 e. The van der Waals surface area contributed by atoms with Crippen LogP contribution in [0, 0.1) is 5.92 Å². The van der Waals surface area contributed by atoms with Crippen molar-refractivity contribution < 1.29 is 0 Å². The first-order valence-corrected chi connectivity index (χ1v) is 7.69. The molecule has 18 heavy (non-hydrogen) atoms. The van der Waals surface area contributed by atoms with Gasteiger partial charge in [0.25, 0.3) is 0 Å². The summed E-state index contributed by atoms with van der Waals surface area (Å²) in [6, 6.07) is 9.33. The SMILES string of the molecule is CCc1cccc(C2(C3CC3)CCCCCN2)c1. The van der Waals surface area contributed by atoms with Crippen molar-refractivity contribution in [3.05, 3.63) is 35.4 Å². The van der Waals surface area contributed by atoms with E-state index in [2.05, 4.69) is 36.5 Å². The molecule has 1 aliphatic heterocycles. The van der Waals surface area contributed by atoms with E-state index in [1.807, 2.05) is 0 Å². The van der Waals surface area contributed by atoms with E-state index in [1.54, 1.807) is 5.56 Å². The van der Waals surface area contributed by atoms with Gasteiger partial charge in [-0.25, -0.2) is 0 Å². The zero-order valence-electron chi connectivity index (χ0n) is 11.5. The minimum Gasteiger partial charge on any atom is -0.307 e. The van der Waals surface area contributed by atoms with Gasteiger partial charge in [-0.3, -0.25) is 0 Å². The van der Waals surface area contributed by atoms with Crippen LogP contribution in [0.2, 0.25) is 0 Å². The van der Waals surface area contributed by atoms with Crippen molar-refractivity contribution >= 4 is 0 Å². The van der Waals surface area contributed by atoms with Crippen LogP contribution in [0.25, 0.3) is 0 Å². The highest BCUT2D eigenvalue weighted by molar-refractivity contribution is 5.32. The standard InChI is InChI=1S/C17H25N/c1-2-14-7-6-8-16(13-14)17(15-9-10-15)11-4-3-5-12-18-17/h6-8,13,15,18H,2-5,9-12H2,1H3. The Morgan fingerprint density at radius 3 is 2.89 bits per heavy atom. The summed E-state index contributed by atoms with van der Waals surface area (Å²) in [4.78, 5) is 0. The number of nitrogens with one attached hydrogen (secondary N) is 1. The summed E-state index contributed by atoms with van der Waals surface area (Å²) in [6.45, 7) is 3.45. The van der Waals surface area contributed by atoms with Crippen molar-refractivity contribution in [2.45, 2.75) is 57.4 Å². The fourth-order valence-corrected chi connectivity index (χ4v) is 3.58. The molecule has 1 heterocycles. The Labute approximate surface area is 111 Å². The van der Waals surface area contributed by atoms with Gasteiger partial charge < -0.3 is 5.32 Å². The molecule has 1 N–H and O–H groups in total. The molecule has 1 aliphatic carbocycles. The number of hydrogen-bond donors (Lipinski definition) is 1. The van der Waals surface area contributed by atoms with Crippen LogP contribution in [0.15, 0.2) is 24.3 Å². The molecule has 1 aromatic carbocycles. The third-order valence-electron chi connectivity index (χ3n) is 4.81. The zero-order valence-corrected chi connectivity index (χ0v) is 11.5. The number of hydrogen-bond acceptors (Lipinski definition) is 1. The van der Waals surface area contributed by atoms with Gasteiger partial charge in [0.2, 0.25) is 0 Å². The Morgan fingerprint density at radius 1 is 1.22 bits per heavy atom. The van der Waals surface area contributed by atoms with Crippen molar-refractivity contribution in [1.29, 1.82) is 0 Å². The monoisotopic (exact) mass is 243 g/mol. The van der Waals surface area contributed by atoms with Crippen LogP contribution in [0.3, 0.4) is 0 Å². The Morgan fingerprint density at radius 2 is 2.11 bits per heavy atom. The highest BCUT2D eigenvalue weighted by Gasteiger charge is 2.46. The first-order valence-electron chi connectivity index (χ1n) is 7.69. The Bertz CT molecular complexity index is 398. The second-order valence-corrected chi connectivity index (χ2v) is 6.04. The molecular weight excluding hydrogens is 218 g/mol. The lowest BCUT2D eigenvalue weighted by Crippen LogP contribution is -2.44. The quantitative estimate of drug-likeness (QED) is 0.845. The summed E-state index contributed by atoms with van der Waals surface area (Å²) in [5.41, 5.74) is 3.35. The minimum absolute atomic E-state index is 0.307. The molecule has 2 fully saturated rings. The Balaban J connectivity index is 1.96. The van der Waals surface area contributed by atoms with E-state index in [9.17, 15) is 0 Å². The first-order chi connectivity index (χ1) is 8.85. The van der Waals surface area contributed by atoms with E-state index in [4.69, 9.17) is 0 Å². The summed E-state index contributed by atoms with van der Waals surface area (Å²) in [6.07, 6.45) is 9.46. The Kier molecular flexibility index (Phi) is 3.43. The Hall–Kier alpha value is -0.820. The van der Waals surface area contributed by atoms with E-state index in [0.717, 1.165) is 12.3 Å². The molecule has 3 rings (SSSR count). The highest BCUT2D eigenvalue weighted by Crippen LogP contribution is 2.49. The lowest BCUT2D eigenvalue weighted by atomic mass is 9.80. The van der Waals surface area contributed by atoms with Crippen LogP contribution >= 0.6 is 0 Å². The van der Waals surface area contributed by atoms with Crippen LogP contribution < -0.4 is 5.32 Å². The normalized spacial score (nSPS) is 28.9. The van der Waals surface area contributed by atoms with Gasteiger partial charge in [-0.15, -0.1) is 0 Å². The van der Waals surface area contributed by atoms with Crippen molar-refractivity contribution in [3.63, 3.8) is 0 Å². The van der Waals surface area contributed by atoms with E-state index < -0.39 is 0 Å². The summed E-state index contributed by atoms with van der Waals surface area (Å²) < 4.78 is 0. The van der Waals surface area contributed by atoms with E-state index in [1.165, 1.54) is 50.6 Å². The topological polar surface area (TPSA) is 12.0 Å². The largest absolute Gasteiger partial charge is 0.307 e. The molecule has 0 bridgehead atoms. The van der Waals surface area contributed by atoms with E-state index in [-0.39, 0.29) is 0 Å². The van der Waals surface area contributed by atoms with Crippen molar-refractivity contribution in [3.8, 4) is 0 Å². The van der Waals surface area contributed by atoms with Gasteiger partial charge in [-0.05, 0) is 55.7 Å². The van der Waals surface area contributed by atoms with Gasteiger partial charge in [0.15, 0.2) is 0 Å². The molecule has 0 aromatic heterocycles. The summed E-state index contributed by atoms with van der Waals surface area (Å²) >= 11 is 0. The van der Waals surface area contributed by atoms with Gasteiger partial charge in [-0.2, -0.15) is 0 Å². The molecule has 1 saturated carbocycles. The van der Waals surface area contributed by atoms with Crippen molar-refractivity contribution in [2.24, 2.45) is 5.92 Å². The van der Waals surface area contributed by atoms with Gasteiger partial charge in [0.05, 0.1) is 0 Å². The first kappa shape index (κ1) is 12.2. The predicted molar refractivity (Wildman–Crippen MR) is 76.7 cm³/mol. The number of rotatable bonds is 3. The second kappa shape index (κ2) is 5.05. The minimum atomic E-state index is 0.307. The number of benzene rings is 1. The maximum Gasteiger partial charge on any atom is 0.0463 e. The van der Waals surface area contributed by atoms with Crippen molar-refractivity contribution in [1.82, 2.24) is 5.32 Å². The van der Waals surface area contributed by atoms with Gasteiger partial charge in [0, 0.05) is 5.54 Å². The molecule has 1 nitrogen and oxygen atoms in total. The van der Waals surface area contributed by atoms with Crippen molar-refractivity contribution in [2.75, 3.05) is 6.54 Å². The molecule has 0 spiro atoms. The number of aryl methyl sites for hydroxylation is 1. The summed E-state index contributed by atoms with van der Waals surface area (Å²) in [5, 5.41) is 3.92. The summed E-state index contributed by atoms with van der Waals surface area (Å²) in [7, 11) is 0. The molecule has 2 aliphatic rings. The predicted octanol–water partition coefficient (Wildman–Crippen LogP) is 4.02. The highest BCUT2D eigenvalue weighted by atomic mass is 15.0. The van der Waals surface area contributed by atoms with Crippen LogP contribution in [0.1, 0.15) is 56.6 Å². The van der Waals surface area contributed by atoms with Gasteiger partial charge in [0.1, 0.15) is 0 Å². The summed E-state index contributed by atoms with van der Waals surface area (Å²) in [5.74, 6) is 0.891. The third kappa shape index (κ3) is 2.21. The molecule has 1 heteroatoms. The van der Waals surface area contributed by atoms with E-state index in [0.29, 0.717) is 5.54 Å². The van der Waals surface area contributed by atoms with Crippen LogP contribution in [0.4, 0.5) is 0 Å². The molecular formula is C17H25N. The molecule has 0 amide bonds. The van der Waals surface area contributed by atoms with Crippen LogP contribution in [-0.4, -0.2) is 6.54 Å². The second-order valence-electron chi connectivity index (χ2n) is 6.04. The lowest BCUT2D eigenvalue weighted by molar-refractivity contribution is 0.279. The van der Waals surface area contributed by atoms with Gasteiger partial charge in [-0.1, -0.05) is 44.0 Å². The fourth-order valence-electron chi connectivity index (χ4n) is 3.58. The average Bonchev–Trinajstić information content (AvgIpc) is 3.25. The maximum absolute atomic E-state index is 3.92. The fraction of sp³-hybridized carbons (Fsp3) is 0.647. The molecule has 1 aromatic rings. The van der Waals surface area contributed by atoms with Crippen LogP contribution in [-0.2, 0) is 12.0 Å². The maximum atomic E-state index is 3.92. The van der Waals surface area contributed by atoms with E-state index >= 15 is 0 Å². The molecule has 0 radical (unpaired) electrons. The van der Waals surface area contributed by atoms with Crippen LogP contribution in [0.5, 0.6) is 0 Å². The third-order valence-corrected chi connectivity index (χ3v) is 4.81. The van der Waals surface area contributed by atoms with Gasteiger partial charge >= 0.3 is 0 Å². The molecule has 1 atom stereocenters. The lowest BCUT2D eigenvalue weighted by Gasteiger charge is -2.35. The molecule has 98 valence electrons.